The fourth-order valence-corrected chi connectivity index (χ4v) is 1.89. The van der Waals surface area contributed by atoms with Crippen LogP contribution in [0.1, 0.15) is 16.1 Å². The molecule has 0 amide bonds. The molecule has 0 unspecified atom stereocenters. The van der Waals surface area contributed by atoms with Crippen molar-refractivity contribution in [2.24, 2.45) is 0 Å². The summed E-state index contributed by atoms with van der Waals surface area (Å²) in [5.74, 6) is -1.14. The minimum Gasteiger partial charge on any atom is -0.476 e. The molecule has 0 atom stereocenters. The van der Waals surface area contributed by atoms with Gasteiger partial charge in [-0.2, -0.15) is 16.4 Å². The minimum absolute atomic E-state index is 0.130. The van der Waals surface area contributed by atoms with Gasteiger partial charge in [0, 0.05) is 6.07 Å². The molecule has 1 N–H and O–H groups in total. The summed E-state index contributed by atoms with van der Waals surface area (Å²) in [5, 5.41) is 16.3. The second-order valence-corrected chi connectivity index (χ2v) is 3.93. The SMILES string of the molecule is O=C(O)c1ccc(=O)n(Cc2ccsc2)n1. The van der Waals surface area contributed by atoms with E-state index in [2.05, 4.69) is 5.10 Å². The summed E-state index contributed by atoms with van der Waals surface area (Å²) in [4.78, 5) is 22.1. The molecule has 0 fully saturated rings. The summed E-state index contributed by atoms with van der Waals surface area (Å²) in [7, 11) is 0. The third-order valence-corrected chi connectivity index (χ3v) is 2.73. The molecule has 0 spiro atoms. The van der Waals surface area contributed by atoms with Gasteiger partial charge in [0.1, 0.15) is 0 Å². The lowest BCUT2D eigenvalue weighted by molar-refractivity contribution is 0.0687. The van der Waals surface area contributed by atoms with Gasteiger partial charge in [-0.15, -0.1) is 0 Å². The Bertz CT molecular complexity index is 560. The summed E-state index contributed by atoms with van der Waals surface area (Å²) < 4.78 is 1.14. The molecule has 2 aromatic rings. The normalized spacial score (nSPS) is 10.2. The molecule has 0 aliphatic heterocycles. The van der Waals surface area contributed by atoms with Crippen LogP contribution in [0.2, 0.25) is 0 Å². The third kappa shape index (κ3) is 2.17. The number of rotatable bonds is 3. The van der Waals surface area contributed by atoms with Crippen molar-refractivity contribution in [3.05, 3.63) is 50.6 Å². The van der Waals surface area contributed by atoms with Crippen molar-refractivity contribution in [1.82, 2.24) is 9.78 Å². The maximum absolute atomic E-state index is 11.4. The van der Waals surface area contributed by atoms with Crippen LogP contribution in [-0.2, 0) is 6.54 Å². The molecule has 0 aliphatic rings. The lowest BCUT2D eigenvalue weighted by Gasteiger charge is -2.02. The van der Waals surface area contributed by atoms with Crippen molar-refractivity contribution >= 4 is 17.3 Å². The van der Waals surface area contributed by atoms with Gasteiger partial charge in [-0.1, -0.05) is 0 Å². The molecule has 0 bridgehead atoms. The second kappa shape index (κ2) is 4.28. The van der Waals surface area contributed by atoms with E-state index in [0.29, 0.717) is 6.54 Å². The topological polar surface area (TPSA) is 72.2 Å². The average molecular weight is 236 g/mol. The van der Waals surface area contributed by atoms with Crippen LogP contribution in [0, 0.1) is 0 Å². The number of nitrogens with zero attached hydrogens (tertiary/aromatic N) is 2. The quantitative estimate of drug-likeness (QED) is 0.864. The van der Waals surface area contributed by atoms with Crippen molar-refractivity contribution in [3.63, 3.8) is 0 Å². The van der Waals surface area contributed by atoms with Crippen molar-refractivity contribution < 1.29 is 9.90 Å². The van der Waals surface area contributed by atoms with E-state index in [-0.39, 0.29) is 11.3 Å². The van der Waals surface area contributed by atoms with E-state index in [9.17, 15) is 9.59 Å². The van der Waals surface area contributed by atoms with E-state index < -0.39 is 5.97 Å². The van der Waals surface area contributed by atoms with Gasteiger partial charge >= 0.3 is 5.97 Å². The highest BCUT2D eigenvalue weighted by atomic mass is 32.1. The van der Waals surface area contributed by atoms with Crippen LogP contribution >= 0.6 is 11.3 Å². The zero-order valence-electron chi connectivity index (χ0n) is 8.16. The molecule has 0 aliphatic carbocycles. The van der Waals surface area contributed by atoms with Gasteiger partial charge in [0.15, 0.2) is 5.69 Å². The van der Waals surface area contributed by atoms with E-state index in [0.717, 1.165) is 10.2 Å². The van der Waals surface area contributed by atoms with E-state index in [1.54, 1.807) is 0 Å². The molecule has 5 nitrogen and oxygen atoms in total. The summed E-state index contributed by atoms with van der Waals surface area (Å²) in [6, 6.07) is 4.28. The Morgan fingerprint density at radius 2 is 2.25 bits per heavy atom. The van der Waals surface area contributed by atoms with Crippen LogP contribution in [0.15, 0.2) is 33.8 Å². The third-order valence-electron chi connectivity index (χ3n) is 2.00. The van der Waals surface area contributed by atoms with Gasteiger partial charge in [-0.25, -0.2) is 9.48 Å². The lowest BCUT2D eigenvalue weighted by Crippen LogP contribution is -2.24. The number of aromatic nitrogens is 2. The monoisotopic (exact) mass is 236 g/mol. The molecule has 0 saturated heterocycles. The first-order valence-corrected chi connectivity index (χ1v) is 5.43. The number of aromatic carboxylic acids is 1. The van der Waals surface area contributed by atoms with Gasteiger partial charge in [0.25, 0.3) is 5.56 Å². The van der Waals surface area contributed by atoms with E-state index in [1.165, 1.54) is 23.5 Å². The molecular weight excluding hydrogens is 228 g/mol. The summed E-state index contributed by atoms with van der Waals surface area (Å²) in [5.41, 5.74) is 0.494. The highest BCUT2D eigenvalue weighted by Gasteiger charge is 2.07. The van der Waals surface area contributed by atoms with Gasteiger partial charge in [0.05, 0.1) is 6.54 Å². The molecule has 82 valence electrons. The lowest BCUT2D eigenvalue weighted by atomic mass is 10.3. The van der Waals surface area contributed by atoms with E-state index >= 15 is 0 Å². The van der Waals surface area contributed by atoms with Crippen LogP contribution in [0.5, 0.6) is 0 Å². The fourth-order valence-electron chi connectivity index (χ4n) is 1.23. The maximum Gasteiger partial charge on any atom is 0.356 e. The van der Waals surface area contributed by atoms with Crippen molar-refractivity contribution in [1.29, 1.82) is 0 Å². The molecule has 2 aromatic heterocycles. The Hall–Kier alpha value is -1.95. The van der Waals surface area contributed by atoms with Gasteiger partial charge in [-0.05, 0) is 28.5 Å². The smallest absolute Gasteiger partial charge is 0.356 e. The average Bonchev–Trinajstić information content (AvgIpc) is 2.73. The molecule has 0 radical (unpaired) electrons. The highest BCUT2D eigenvalue weighted by Crippen LogP contribution is 2.06. The molecule has 2 rings (SSSR count). The van der Waals surface area contributed by atoms with Crippen molar-refractivity contribution in [3.8, 4) is 0 Å². The van der Waals surface area contributed by atoms with E-state index in [4.69, 9.17) is 5.11 Å². The Labute approximate surface area is 94.6 Å². The number of carbonyl (C=O) groups is 1. The standard InChI is InChI=1S/C10H8N2O3S/c13-9-2-1-8(10(14)15)11-12(9)5-7-3-4-16-6-7/h1-4,6H,5H2,(H,14,15). The van der Waals surface area contributed by atoms with Crippen molar-refractivity contribution in [2.45, 2.75) is 6.54 Å². The van der Waals surface area contributed by atoms with Crippen molar-refractivity contribution in [2.75, 3.05) is 0 Å². The second-order valence-electron chi connectivity index (χ2n) is 3.15. The Morgan fingerprint density at radius 1 is 1.44 bits per heavy atom. The largest absolute Gasteiger partial charge is 0.476 e. The summed E-state index contributed by atoms with van der Waals surface area (Å²) in [6.45, 7) is 0.295. The first-order valence-electron chi connectivity index (χ1n) is 4.49. The van der Waals surface area contributed by atoms with Crippen LogP contribution in [0.25, 0.3) is 0 Å². The molecule has 0 aromatic carbocycles. The van der Waals surface area contributed by atoms with Crippen LogP contribution in [-0.4, -0.2) is 20.9 Å². The van der Waals surface area contributed by atoms with Crippen LogP contribution in [0.4, 0.5) is 0 Å². The number of carboxylic acids is 1. The maximum atomic E-state index is 11.4. The Morgan fingerprint density at radius 3 is 2.88 bits per heavy atom. The molecule has 0 saturated carbocycles. The fraction of sp³-hybridized carbons (Fsp3) is 0.100. The molecule has 16 heavy (non-hydrogen) atoms. The number of hydrogen-bond donors (Lipinski definition) is 1. The first kappa shape index (κ1) is 10.6. The number of hydrogen-bond acceptors (Lipinski definition) is 4. The highest BCUT2D eigenvalue weighted by molar-refractivity contribution is 7.07. The predicted octanol–water partition coefficient (Wildman–Crippen LogP) is 1.05. The summed E-state index contributed by atoms with van der Waals surface area (Å²) >= 11 is 1.52. The Kier molecular flexibility index (Phi) is 2.82. The number of thiophene rings is 1. The minimum atomic E-state index is -1.14. The molecular formula is C10H8N2O3S. The zero-order valence-corrected chi connectivity index (χ0v) is 8.98. The number of carboxylic acid groups (broad SMARTS) is 1. The zero-order chi connectivity index (χ0) is 11.5. The first-order chi connectivity index (χ1) is 7.66. The van der Waals surface area contributed by atoms with E-state index in [1.807, 2.05) is 16.8 Å². The molecule has 6 heteroatoms. The van der Waals surface area contributed by atoms with Crippen LogP contribution in [0.3, 0.4) is 0 Å². The van der Waals surface area contributed by atoms with Gasteiger partial charge in [0.2, 0.25) is 0 Å². The predicted molar refractivity (Wildman–Crippen MR) is 58.9 cm³/mol. The van der Waals surface area contributed by atoms with Gasteiger partial charge in [-0.3, -0.25) is 4.79 Å². The van der Waals surface area contributed by atoms with Crippen LogP contribution < -0.4 is 5.56 Å². The Balaban J connectivity index is 2.36. The van der Waals surface area contributed by atoms with Gasteiger partial charge < -0.3 is 5.11 Å². The summed E-state index contributed by atoms with van der Waals surface area (Å²) in [6.07, 6.45) is 0. The molecule has 2 heterocycles.